The molecule has 3 rings (SSSR count). The van der Waals surface area contributed by atoms with Crippen LogP contribution in [0.2, 0.25) is 0 Å². The summed E-state index contributed by atoms with van der Waals surface area (Å²) < 4.78 is 20.5. The molecule has 3 aliphatic rings. The standard InChI is InChI=1S/C28H56FN7O2/c1-5-7-21(6-2)8-9-22(29)15-33-20(4)25(27(30)31)28(37)34-24-16-32-14-19(3)26(24)36-11-10-35-12-13-38-18-23(35)17-36/h19-27,32-33H,5-18,30-31H2,1-4H3,(H,34,37)/t19?,20?,21?,22?,23-,24?,25?,26?/m1/s1. The van der Waals surface area contributed by atoms with Crippen LogP contribution in [-0.4, -0.2) is 111 Å². The van der Waals surface area contributed by atoms with Gasteiger partial charge in [0.05, 0.1) is 31.3 Å². The number of morpholine rings is 1. The molecule has 0 aromatic heterocycles. The highest BCUT2D eigenvalue weighted by molar-refractivity contribution is 5.80. The number of hydrogen-bond acceptors (Lipinski definition) is 8. The number of carbonyl (C=O) groups excluding carboxylic acids is 1. The largest absolute Gasteiger partial charge is 0.378 e. The quantitative estimate of drug-likeness (QED) is 0.206. The predicted octanol–water partition coefficient (Wildman–Crippen LogP) is 0.878. The molecule has 7 unspecified atom stereocenters. The van der Waals surface area contributed by atoms with Crippen molar-refractivity contribution in [3.63, 3.8) is 0 Å². The lowest BCUT2D eigenvalue weighted by Gasteiger charge is -2.51. The number of nitrogens with zero attached hydrogens (tertiary/aromatic N) is 2. The van der Waals surface area contributed by atoms with Gasteiger partial charge in [-0.3, -0.25) is 14.6 Å². The second kappa shape index (κ2) is 15.8. The maximum atomic E-state index is 14.7. The van der Waals surface area contributed by atoms with E-state index in [1.54, 1.807) is 0 Å². The van der Waals surface area contributed by atoms with Crippen molar-refractivity contribution in [2.45, 2.75) is 96.3 Å². The van der Waals surface area contributed by atoms with Gasteiger partial charge in [-0.05, 0) is 38.1 Å². The molecule has 10 heteroatoms. The molecule has 38 heavy (non-hydrogen) atoms. The first kappa shape index (κ1) is 31.6. The van der Waals surface area contributed by atoms with Crippen molar-refractivity contribution in [2.75, 3.05) is 59.0 Å². The van der Waals surface area contributed by atoms with E-state index >= 15 is 0 Å². The van der Waals surface area contributed by atoms with Crippen LogP contribution in [0, 0.1) is 17.8 Å². The summed E-state index contributed by atoms with van der Waals surface area (Å²) in [5, 5.41) is 10.0. The van der Waals surface area contributed by atoms with Gasteiger partial charge in [0.2, 0.25) is 5.91 Å². The molecule has 7 N–H and O–H groups in total. The number of hydrogen-bond donors (Lipinski definition) is 5. The lowest BCUT2D eigenvalue weighted by atomic mass is 9.87. The number of piperidine rings is 1. The van der Waals surface area contributed by atoms with Crippen LogP contribution in [0.1, 0.15) is 59.8 Å². The Hall–Kier alpha value is -0.880. The van der Waals surface area contributed by atoms with Crippen LogP contribution in [0.5, 0.6) is 0 Å². The Bertz CT molecular complexity index is 702. The van der Waals surface area contributed by atoms with Gasteiger partial charge in [-0.2, -0.15) is 0 Å². The fourth-order valence-corrected chi connectivity index (χ4v) is 6.83. The van der Waals surface area contributed by atoms with Crippen LogP contribution in [0.3, 0.4) is 0 Å². The number of nitrogens with one attached hydrogen (secondary N) is 3. The summed E-state index contributed by atoms with van der Waals surface area (Å²) in [6.07, 6.45) is 3.03. The van der Waals surface area contributed by atoms with Crippen molar-refractivity contribution in [1.82, 2.24) is 25.8 Å². The van der Waals surface area contributed by atoms with Gasteiger partial charge in [0, 0.05) is 57.4 Å². The number of ether oxygens (including phenoxy) is 1. The van der Waals surface area contributed by atoms with Crippen LogP contribution in [-0.2, 0) is 9.53 Å². The highest BCUT2D eigenvalue weighted by atomic mass is 19.1. The molecule has 0 bridgehead atoms. The summed E-state index contributed by atoms with van der Waals surface area (Å²) in [5.74, 6) is 0.166. The van der Waals surface area contributed by atoms with Gasteiger partial charge in [-0.1, -0.05) is 40.0 Å². The first-order chi connectivity index (χ1) is 18.2. The van der Waals surface area contributed by atoms with Crippen LogP contribution < -0.4 is 27.4 Å². The summed E-state index contributed by atoms with van der Waals surface area (Å²) in [6, 6.07) is 0.260. The third-order valence-corrected chi connectivity index (χ3v) is 9.12. The molecule has 0 saturated carbocycles. The van der Waals surface area contributed by atoms with E-state index in [1.807, 2.05) is 6.92 Å². The number of piperazine rings is 1. The Kier molecular flexibility index (Phi) is 13.1. The van der Waals surface area contributed by atoms with E-state index < -0.39 is 18.3 Å². The number of halogens is 1. The molecular formula is C28H56FN7O2. The third kappa shape index (κ3) is 8.81. The molecule has 0 aliphatic carbocycles. The second-order valence-corrected chi connectivity index (χ2v) is 12.0. The number of rotatable bonds is 14. The summed E-state index contributed by atoms with van der Waals surface area (Å²) in [5.41, 5.74) is 12.2. The van der Waals surface area contributed by atoms with Crippen LogP contribution in [0.4, 0.5) is 4.39 Å². The van der Waals surface area contributed by atoms with E-state index in [1.165, 1.54) is 0 Å². The van der Waals surface area contributed by atoms with Crippen molar-refractivity contribution in [2.24, 2.45) is 29.2 Å². The molecule has 0 aromatic rings. The van der Waals surface area contributed by atoms with Crippen LogP contribution >= 0.6 is 0 Å². The lowest BCUT2D eigenvalue weighted by molar-refractivity contribution is -0.128. The molecule has 1 amide bonds. The maximum absolute atomic E-state index is 14.7. The molecule has 8 atom stereocenters. The fraction of sp³-hybridized carbons (Fsp3) is 0.964. The molecule has 3 heterocycles. The smallest absolute Gasteiger partial charge is 0.227 e. The highest BCUT2D eigenvalue weighted by Crippen LogP contribution is 2.24. The first-order valence-electron chi connectivity index (χ1n) is 15.2. The summed E-state index contributed by atoms with van der Waals surface area (Å²) >= 11 is 0. The molecule has 3 saturated heterocycles. The number of fused-ring (bicyclic) bond motifs is 1. The molecule has 3 aliphatic heterocycles. The lowest BCUT2D eigenvalue weighted by Crippen LogP contribution is -2.69. The second-order valence-electron chi connectivity index (χ2n) is 12.0. The van der Waals surface area contributed by atoms with E-state index in [9.17, 15) is 9.18 Å². The minimum atomic E-state index is -0.948. The minimum absolute atomic E-state index is 0.0470. The highest BCUT2D eigenvalue weighted by Gasteiger charge is 2.41. The summed E-state index contributed by atoms with van der Waals surface area (Å²) in [7, 11) is 0. The number of carbonyl (C=O) groups is 1. The molecule has 0 spiro atoms. The van der Waals surface area contributed by atoms with Gasteiger partial charge in [-0.15, -0.1) is 0 Å². The number of nitrogens with two attached hydrogens (primary N) is 2. The van der Waals surface area contributed by atoms with E-state index in [0.717, 1.165) is 71.6 Å². The van der Waals surface area contributed by atoms with Gasteiger partial charge in [-0.25, -0.2) is 4.39 Å². The summed E-state index contributed by atoms with van der Waals surface area (Å²) in [6.45, 7) is 15.9. The zero-order valence-electron chi connectivity index (χ0n) is 24.3. The van der Waals surface area contributed by atoms with Gasteiger partial charge in [0.25, 0.3) is 0 Å². The Morgan fingerprint density at radius 2 is 1.89 bits per heavy atom. The van der Waals surface area contributed by atoms with Crippen molar-refractivity contribution >= 4 is 5.91 Å². The zero-order chi connectivity index (χ0) is 27.7. The zero-order valence-corrected chi connectivity index (χ0v) is 24.3. The molecule has 0 aromatic carbocycles. The van der Waals surface area contributed by atoms with Crippen molar-refractivity contribution in [3.05, 3.63) is 0 Å². The molecule has 222 valence electrons. The van der Waals surface area contributed by atoms with E-state index in [4.69, 9.17) is 16.2 Å². The van der Waals surface area contributed by atoms with Crippen molar-refractivity contribution in [1.29, 1.82) is 0 Å². The normalized spacial score (nSPS) is 30.4. The van der Waals surface area contributed by atoms with Crippen LogP contribution in [0.15, 0.2) is 0 Å². The first-order valence-corrected chi connectivity index (χ1v) is 15.2. The van der Waals surface area contributed by atoms with Gasteiger partial charge >= 0.3 is 0 Å². The Labute approximate surface area is 230 Å². The Balaban J connectivity index is 1.55. The van der Waals surface area contributed by atoms with Gasteiger partial charge in [0.1, 0.15) is 6.17 Å². The van der Waals surface area contributed by atoms with Gasteiger partial charge in [0.15, 0.2) is 0 Å². The minimum Gasteiger partial charge on any atom is -0.378 e. The Morgan fingerprint density at radius 1 is 1.13 bits per heavy atom. The van der Waals surface area contributed by atoms with Gasteiger partial charge < -0.3 is 32.2 Å². The van der Waals surface area contributed by atoms with Crippen molar-refractivity contribution in [3.8, 4) is 0 Å². The monoisotopic (exact) mass is 541 g/mol. The van der Waals surface area contributed by atoms with Crippen molar-refractivity contribution < 1.29 is 13.9 Å². The number of alkyl halides is 1. The molecular weight excluding hydrogens is 485 g/mol. The third-order valence-electron chi connectivity index (χ3n) is 9.12. The molecule has 3 fully saturated rings. The fourth-order valence-electron chi connectivity index (χ4n) is 6.83. The maximum Gasteiger partial charge on any atom is 0.227 e. The number of amides is 1. The van der Waals surface area contributed by atoms with E-state index in [0.29, 0.717) is 30.8 Å². The average Bonchev–Trinajstić information content (AvgIpc) is 2.89. The topological polar surface area (TPSA) is 121 Å². The van der Waals surface area contributed by atoms with Crippen LogP contribution in [0.25, 0.3) is 0 Å². The van der Waals surface area contributed by atoms with E-state index in [-0.39, 0.29) is 30.6 Å². The SMILES string of the molecule is CCCC(CC)CCC(F)CNC(C)C(C(=O)NC1CNCC(C)C1N1CCN2CCOC[C@H]2C1)C(N)N. The summed E-state index contributed by atoms with van der Waals surface area (Å²) in [4.78, 5) is 18.6. The predicted molar refractivity (Wildman–Crippen MR) is 151 cm³/mol. The molecule has 9 nitrogen and oxygen atoms in total. The van der Waals surface area contributed by atoms with E-state index in [2.05, 4.69) is 46.5 Å². The molecule has 0 radical (unpaired) electrons. The Morgan fingerprint density at radius 3 is 2.61 bits per heavy atom. The average molecular weight is 542 g/mol.